The summed E-state index contributed by atoms with van der Waals surface area (Å²) in [6.45, 7) is 0. The highest BCUT2D eigenvalue weighted by Crippen LogP contribution is 2.11. The molecular formula is C11H15NOS. The molecule has 0 fully saturated rings. The van der Waals surface area contributed by atoms with Crippen LogP contribution in [0.4, 0.5) is 0 Å². The fourth-order valence-electron chi connectivity index (χ4n) is 0.960. The van der Waals surface area contributed by atoms with Crippen molar-refractivity contribution < 1.29 is 4.79 Å². The monoisotopic (exact) mass is 209 g/mol. The largest absolute Gasteiger partial charge is 0.348 e. The number of benzene rings is 1. The van der Waals surface area contributed by atoms with Crippen LogP contribution in [0.15, 0.2) is 30.3 Å². The summed E-state index contributed by atoms with van der Waals surface area (Å²) in [6, 6.07) is 10.2. The molecule has 0 saturated carbocycles. The van der Waals surface area contributed by atoms with Crippen LogP contribution in [0.1, 0.15) is 5.56 Å². The van der Waals surface area contributed by atoms with Crippen molar-refractivity contribution >= 4 is 17.7 Å². The Bertz CT molecular complexity index is 285. The first kappa shape index (κ1) is 11.1. The Labute approximate surface area is 89.3 Å². The van der Waals surface area contributed by atoms with E-state index in [9.17, 15) is 4.79 Å². The van der Waals surface area contributed by atoms with Crippen LogP contribution in [0.2, 0.25) is 0 Å². The lowest BCUT2D eigenvalue weighted by molar-refractivity contribution is -0.125. The third kappa shape index (κ3) is 3.83. The van der Waals surface area contributed by atoms with E-state index in [1.807, 2.05) is 18.2 Å². The summed E-state index contributed by atoms with van der Waals surface area (Å²) in [5, 5.41) is 0. The molecule has 2 nitrogen and oxygen atoms in total. The first-order valence-corrected chi connectivity index (χ1v) is 5.67. The highest BCUT2D eigenvalue weighted by Gasteiger charge is 2.03. The van der Waals surface area contributed by atoms with E-state index in [4.69, 9.17) is 0 Å². The number of amides is 1. The molecular weight excluding hydrogens is 194 g/mol. The standard InChI is InChI=1S/C11H15NOS/c1-12(2)11(13)9-14-8-10-6-4-3-5-7-10/h3-7H,8-9H2,1-2H3. The molecule has 0 aliphatic rings. The predicted molar refractivity (Wildman–Crippen MR) is 61.3 cm³/mol. The van der Waals surface area contributed by atoms with E-state index < -0.39 is 0 Å². The normalized spacial score (nSPS) is 9.86. The van der Waals surface area contributed by atoms with Crippen molar-refractivity contribution in [1.82, 2.24) is 4.90 Å². The summed E-state index contributed by atoms with van der Waals surface area (Å²) in [6.07, 6.45) is 0. The summed E-state index contributed by atoms with van der Waals surface area (Å²) in [5.74, 6) is 1.63. The van der Waals surface area contributed by atoms with Crippen molar-refractivity contribution in [3.05, 3.63) is 35.9 Å². The van der Waals surface area contributed by atoms with Gasteiger partial charge in [0.2, 0.25) is 5.91 Å². The van der Waals surface area contributed by atoms with Gasteiger partial charge in [-0.1, -0.05) is 30.3 Å². The topological polar surface area (TPSA) is 20.3 Å². The molecule has 0 saturated heterocycles. The van der Waals surface area contributed by atoms with Gasteiger partial charge in [0.1, 0.15) is 0 Å². The van der Waals surface area contributed by atoms with Crippen molar-refractivity contribution in [3.8, 4) is 0 Å². The fourth-order valence-corrected chi connectivity index (χ4v) is 1.92. The molecule has 0 aliphatic carbocycles. The summed E-state index contributed by atoms with van der Waals surface area (Å²) < 4.78 is 0. The molecule has 1 aromatic carbocycles. The minimum absolute atomic E-state index is 0.172. The van der Waals surface area contributed by atoms with E-state index in [0.29, 0.717) is 5.75 Å². The van der Waals surface area contributed by atoms with Crippen molar-refractivity contribution in [3.63, 3.8) is 0 Å². The first-order valence-electron chi connectivity index (χ1n) is 4.52. The maximum Gasteiger partial charge on any atom is 0.232 e. The van der Waals surface area contributed by atoms with Crippen LogP contribution in [0.25, 0.3) is 0 Å². The average molecular weight is 209 g/mol. The van der Waals surface area contributed by atoms with Crippen LogP contribution in [0, 0.1) is 0 Å². The fraction of sp³-hybridized carbons (Fsp3) is 0.364. The lowest BCUT2D eigenvalue weighted by atomic mass is 10.2. The Morgan fingerprint density at radius 3 is 2.50 bits per heavy atom. The molecule has 0 unspecified atom stereocenters. The van der Waals surface area contributed by atoms with Crippen LogP contribution in [-0.2, 0) is 10.5 Å². The molecule has 0 atom stereocenters. The van der Waals surface area contributed by atoms with E-state index in [0.717, 1.165) is 5.75 Å². The van der Waals surface area contributed by atoms with Crippen LogP contribution < -0.4 is 0 Å². The molecule has 3 heteroatoms. The van der Waals surface area contributed by atoms with Gasteiger partial charge in [0, 0.05) is 19.8 Å². The number of hydrogen-bond donors (Lipinski definition) is 0. The summed E-state index contributed by atoms with van der Waals surface area (Å²) in [5.41, 5.74) is 1.27. The second-order valence-electron chi connectivity index (χ2n) is 3.27. The zero-order chi connectivity index (χ0) is 10.4. The predicted octanol–water partition coefficient (Wildman–Crippen LogP) is 2.01. The van der Waals surface area contributed by atoms with Gasteiger partial charge in [-0.3, -0.25) is 4.79 Å². The van der Waals surface area contributed by atoms with Gasteiger partial charge in [-0.25, -0.2) is 0 Å². The van der Waals surface area contributed by atoms with Crippen LogP contribution in [0.5, 0.6) is 0 Å². The highest BCUT2D eigenvalue weighted by atomic mass is 32.2. The molecule has 14 heavy (non-hydrogen) atoms. The molecule has 1 aromatic rings. The lowest BCUT2D eigenvalue weighted by Crippen LogP contribution is -2.23. The summed E-state index contributed by atoms with van der Waals surface area (Å²) >= 11 is 1.65. The number of carbonyl (C=O) groups is 1. The Hall–Kier alpha value is -0.960. The molecule has 1 amide bonds. The summed E-state index contributed by atoms with van der Waals surface area (Å²) in [7, 11) is 3.57. The number of nitrogens with zero attached hydrogens (tertiary/aromatic N) is 1. The number of carbonyl (C=O) groups excluding carboxylic acids is 1. The van der Waals surface area contributed by atoms with E-state index in [1.165, 1.54) is 5.56 Å². The molecule has 0 N–H and O–H groups in total. The van der Waals surface area contributed by atoms with Gasteiger partial charge in [-0.05, 0) is 5.56 Å². The first-order chi connectivity index (χ1) is 6.70. The Kier molecular flexibility index (Phi) is 4.53. The molecule has 0 aromatic heterocycles. The summed E-state index contributed by atoms with van der Waals surface area (Å²) in [4.78, 5) is 12.9. The van der Waals surface area contributed by atoms with Crippen LogP contribution >= 0.6 is 11.8 Å². The minimum Gasteiger partial charge on any atom is -0.348 e. The number of rotatable bonds is 4. The lowest BCUT2D eigenvalue weighted by Gasteiger charge is -2.09. The van der Waals surface area contributed by atoms with Gasteiger partial charge >= 0.3 is 0 Å². The van der Waals surface area contributed by atoms with E-state index in [-0.39, 0.29) is 5.91 Å². The van der Waals surface area contributed by atoms with Crippen LogP contribution in [-0.4, -0.2) is 30.7 Å². The number of thioether (sulfide) groups is 1. The van der Waals surface area contributed by atoms with Crippen molar-refractivity contribution in [2.24, 2.45) is 0 Å². The molecule has 0 spiro atoms. The Balaban J connectivity index is 2.26. The molecule has 0 heterocycles. The molecule has 0 radical (unpaired) electrons. The van der Waals surface area contributed by atoms with Crippen molar-refractivity contribution in [1.29, 1.82) is 0 Å². The third-order valence-electron chi connectivity index (χ3n) is 1.84. The molecule has 1 rings (SSSR count). The molecule has 76 valence electrons. The second kappa shape index (κ2) is 5.70. The number of hydrogen-bond acceptors (Lipinski definition) is 2. The third-order valence-corrected chi connectivity index (χ3v) is 2.82. The van der Waals surface area contributed by atoms with E-state index >= 15 is 0 Å². The zero-order valence-corrected chi connectivity index (χ0v) is 9.38. The molecule has 0 aliphatic heterocycles. The van der Waals surface area contributed by atoms with Crippen molar-refractivity contribution in [2.45, 2.75) is 5.75 Å². The van der Waals surface area contributed by atoms with E-state index in [2.05, 4.69) is 12.1 Å². The van der Waals surface area contributed by atoms with Gasteiger partial charge in [0.25, 0.3) is 0 Å². The van der Waals surface area contributed by atoms with Crippen molar-refractivity contribution in [2.75, 3.05) is 19.8 Å². The van der Waals surface area contributed by atoms with E-state index in [1.54, 1.807) is 30.8 Å². The zero-order valence-electron chi connectivity index (χ0n) is 8.56. The minimum atomic E-state index is 0.172. The van der Waals surface area contributed by atoms with Crippen LogP contribution in [0.3, 0.4) is 0 Å². The Morgan fingerprint density at radius 2 is 1.93 bits per heavy atom. The van der Waals surface area contributed by atoms with Gasteiger partial charge in [-0.15, -0.1) is 11.8 Å². The SMILES string of the molecule is CN(C)C(=O)CSCc1ccccc1. The second-order valence-corrected chi connectivity index (χ2v) is 4.25. The van der Waals surface area contributed by atoms with Gasteiger partial charge in [0.15, 0.2) is 0 Å². The maximum atomic E-state index is 11.2. The van der Waals surface area contributed by atoms with Gasteiger partial charge in [0.05, 0.1) is 5.75 Å². The van der Waals surface area contributed by atoms with Gasteiger partial charge < -0.3 is 4.90 Å². The smallest absolute Gasteiger partial charge is 0.232 e. The average Bonchev–Trinajstić information content (AvgIpc) is 2.19. The quantitative estimate of drug-likeness (QED) is 0.756. The molecule has 0 bridgehead atoms. The highest BCUT2D eigenvalue weighted by molar-refractivity contribution is 7.99. The van der Waals surface area contributed by atoms with Gasteiger partial charge in [-0.2, -0.15) is 0 Å². The Morgan fingerprint density at radius 1 is 1.29 bits per heavy atom. The maximum absolute atomic E-state index is 11.2.